The summed E-state index contributed by atoms with van der Waals surface area (Å²) in [6, 6.07) is 7.39. The van der Waals surface area contributed by atoms with E-state index in [1.807, 2.05) is 39.0 Å². The van der Waals surface area contributed by atoms with Crippen molar-refractivity contribution < 1.29 is 14.3 Å². The fraction of sp³-hybridized carbons (Fsp3) is 0.429. The number of benzene rings is 1. The highest BCUT2D eigenvalue weighted by Crippen LogP contribution is 2.25. The average Bonchev–Trinajstić information content (AvgIpc) is 2.34. The van der Waals surface area contributed by atoms with Gasteiger partial charge in [0, 0.05) is 5.56 Å². The molecule has 1 rings (SSSR count). The molecular weight excluding hydrogens is 230 g/mol. The lowest BCUT2D eigenvalue weighted by Gasteiger charge is -2.22. The van der Waals surface area contributed by atoms with Crippen molar-refractivity contribution >= 4 is 11.9 Å². The molecule has 0 aliphatic carbocycles. The van der Waals surface area contributed by atoms with E-state index in [1.54, 1.807) is 6.07 Å². The molecule has 4 nitrogen and oxygen atoms in total. The molecule has 0 bridgehead atoms. The summed E-state index contributed by atoms with van der Waals surface area (Å²) in [5.74, 6) is -0.720. The Hall–Kier alpha value is -1.84. The van der Waals surface area contributed by atoms with Gasteiger partial charge in [0.15, 0.2) is 0 Å². The maximum absolute atomic E-state index is 12.0. The minimum Gasteiger partial charge on any atom is -0.468 e. The van der Waals surface area contributed by atoms with Gasteiger partial charge in [-0.05, 0) is 17.0 Å². The van der Waals surface area contributed by atoms with Crippen molar-refractivity contribution in [2.24, 2.45) is 0 Å². The molecule has 0 aliphatic rings. The Kier molecular flexibility index (Phi) is 4.48. The summed E-state index contributed by atoms with van der Waals surface area (Å²) in [5, 5.41) is 2.55. The molecule has 18 heavy (non-hydrogen) atoms. The van der Waals surface area contributed by atoms with Crippen LogP contribution >= 0.6 is 0 Å². The first-order valence-corrected chi connectivity index (χ1v) is 5.81. The van der Waals surface area contributed by atoms with Gasteiger partial charge in [-0.3, -0.25) is 9.59 Å². The molecule has 0 spiro atoms. The molecule has 4 heteroatoms. The van der Waals surface area contributed by atoms with Crippen LogP contribution in [0.5, 0.6) is 0 Å². The molecule has 0 radical (unpaired) electrons. The standard InChI is InChI=1S/C14H19NO3/c1-14(2,3)11-8-6-5-7-10(11)13(17)15-9-12(16)18-4/h5-8H,9H2,1-4H3,(H,15,17). The number of nitrogens with one attached hydrogen (secondary N) is 1. The first-order valence-electron chi connectivity index (χ1n) is 5.81. The van der Waals surface area contributed by atoms with E-state index in [0.29, 0.717) is 5.56 Å². The Labute approximate surface area is 107 Å². The molecule has 0 aliphatic heterocycles. The quantitative estimate of drug-likeness (QED) is 0.832. The number of methoxy groups -OCH3 is 1. The highest BCUT2D eigenvalue weighted by atomic mass is 16.5. The summed E-state index contributed by atoms with van der Waals surface area (Å²) in [4.78, 5) is 23.0. The lowest BCUT2D eigenvalue weighted by Crippen LogP contribution is -2.32. The lowest BCUT2D eigenvalue weighted by atomic mass is 9.83. The Morgan fingerprint density at radius 1 is 1.22 bits per heavy atom. The fourth-order valence-electron chi connectivity index (χ4n) is 1.65. The molecule has 0 atom stereocenters. The number of esters is 1. The number of carbonyl (C=O) groups excluding carboxylic acids is 2. The van der Waals surface area contributed by atoms with Crippen LogP contribution in [0.3, 0.4) is 0 Å². The third-order valence-corrected chi connectivity index (χ3v) is 2.60. The van der Waals surface area contributed by atoms with E-state index in [-0.39, 0.29) is 17.9 Å². The smallest absolute Gasteiger partial charge is 0.325 e. The van der Waals surface area contributed by atoms with Crippen molar-refractivity contribution in [2.75, 3.05) is 13.7 Å². The third kappa shape index (κ3) is 3.58. The number of amides is 1. The average molecular weight is 249 g/mol. The second-order valence-corrected chi connectivity index (χ2v) is 5.05. The van der Waals surface area contributed by atoms with Crippen LogP contribution in [0.15, 0.2) is 24.3 Å². The molecule has 0 fully saturated rings. The molecule has 0 saturated heterocycles. The maximum Gasteiger partial charge on any atom is 0.325 e. The van der Waals surface area contributed by atoms with Crippen LogP contribution in [0.1, 0.15) is 36.7 Å². The van der Waals surface area contributed by atoms with E-state index in [9.17, 15) is 9.59 Å². The summed E-state index contributed by atoms with van der Waals surface area (Å²) in [6.45, 7) is 6.01. The Morgan fingerprint density at radius 3 is 2.39 bits per heavy atom. The Balaban J connectivity index is 2.89. The zero-order valence-electron chi connectivity index (χ0n) is 11.2. The van der Waals surface area contributed by atoms with Crippen LogP contribution < -0.4 is 5.32 Å². The van der Waals surface area contributed by atoms with E-state index in [2.05, 4.69) is 10.1 Å². The van der Waals surface area contributed by atoms with Crippen molar-refractivity contribution in [3.63, 3.8) is 0 Å². The fourth-order valence-corrected chi connectivity index (χ4v) is 1.65. The van der Waals surface area contributed by atoms with Crippen molar-refractivity contribution in [1.29, 1.82) is 0 Å². The van der Waals surface area contributed by atoms with Gasteiger partial charge in [0.25, 0.3) is 5.91 Å². The highest BCUT2D eigenvalue weighted by Gasteiger charge is 2.21. The molecule has 1 aromatic carbocycles. The normalized spacial score (nSPS) is 10.9. The number of hydrogen-bond acceptors (Lipinski definition) is 3. The first-order chi connectivity index (χ1) is 8.36. The largest absolute Gasteiger partial charge is 0.468 e. The van der Waals surface area contributed by atoms with Gasteiger partial charge in [-0.15, -0.1) is 0 Å². The number of hydrogen-bond donors (Lipinski definition) is 1. The molecule has 1 N–H and O–H groups in total. The van der Waals surface area contributed by atoms with Gasteiger partial charge in [0.05, 0.1) is 7.11 Å². The number of ether oxygens (including phenoxy) is 1. The van der Waals surface area contributed by atoms with Crippen molar-refractivity contribution in [2.45, 2.75) is 26.2 Å². The van der Waals surface area contributed by atoms with Crippen LogP contribution in [0.2, 0.25) is 0 Å². The second kappa shape index (κ2) is 5.67. The lowest BCUT2D eigenvalue weighted by molar-refractivity contribution is -0.139. The zero-order valence-corrected chi connectivity index (χ0v) is 11.2. The molecule has 0 aromatic heterocycles. The van der Waals surface area contributed by atoms with E-state index < -0.39 is 5.97 Å². The first kappa shape index (κ1) is 14.2. The Bertz CT molecular complexity index is 447. The molecule has 98 valence electrons. The topological polar surface area (TPSA) is 55.4 Å². The monoisotopic (exact) mass is 249 g/mol. The Morgan fingerprint density at radius 2 is 1.83 bits per heavy atom. The van der Waals surface area contributed by atoms with E-state index in [0.717, 1.165) is 5.56 Å². The SMILES string of the molecule is COC(=O)CNC(=O)c1ccccc1C(C)(C)C. The summed E-state index contributed by atoms with van der Waals surface area (Å²) in [5.41, 5.74) is 1.42. The van der Waals surface area contributed by atoms with Crippen molar-refractivity contribution in [3.8, 4) is 0 Å². The molecule has 1 aromatic rings. The van der Waals surface area contributed by atoms with Crippen LogP contribution in [-0.2, 0) is 14.9 Å². The van der Waals surface area contributed by atoms with Gasteiger partial charge >= 0.3 is 5.97 Å². The van der Waals surface area contributed by atoms with E-state index in [4.69, 9.17) is 0 Å². The summed E-state index contributed by atoms with van der Waals surface area (Å²) >= 11 is 0. The molecular formula is C14H19NO3. The van der Waals surface area contributed by atoms with Crippen LogP contribution in [0, 0.1) is 0 Å². The second-order valence-electron chi connectivity index (χ2n) is 5.05. The number of carbonyl (C=O) groups is 2. The van der Waals surface area contributed by atoms with Gasteiger partial charge in [0.2, 0.25) is 0 Å². The van der Waals surface area contributed by atoms with Crippen LogP contribution in [0.4, 0.5) is 0 Å². The summed E-state index contributed by atoms with van der Waals surface area (Å²) in [6.07, 6.45) is 0. The van der Waals surface area contributed by atoms with Gasteiger partial charge < -0.3 is 10.1 Å². The van der Waals surface area contributed by atoms with Gasteiger partial charge in [0.1, 0.15) is 6.54 Å². The highest BCUT2D eigenvalue weighted by molar-refractivity contribution is 5.97. The molecule has 1 amide bonds. The summed E-state index contributed by atoms with van der Waals surface area (Å²) < 4.78 is 4.48. The summed E-state index contributed by atoms with van der Waals surface area (Å²) in [7, 11) is 1.29. The predicted octanol–water partition coefficient (Wildman–Crippen LogP) is 1.89. The minimum atomic E-state index is -0.461. The van der Waals surface area contributed by atoms with Crippen LogP contribution in [0.25, 0.3) is 0 Å². The predicted molar refractivity (Wildman–Crippen MR) is 69.5 cm³/mol. The zero-order chi connectivity index (χ0) is 13.8. The third-order valence-electron chi connectivity index (χ3n) is 2.60. The van der Waals surface area contributed by atoms with Gasteiger partial charge in [-0.1, -0.05) is 39.0 Å². The van der Waals surface area contributed by atoms with Gasteiger partial charge in [-0.2, -0.15) is 0 Å². The molecule has 0 saturated carbocycles. The molecule has 0 unspecified atom stereocenters. The van der Waals surface area contributed by atoms with Crippen LogP contribution in [-0.4, -0.2) is 25.5 Å². The van der Waals surface area contributed by atoms with E-state index >= 15 is 0 Å². The van der Waals surface area contributed by atoms with Gasteiger partial charge in [-0.25, -0.2) is 0 Å². The van der Waals surface area contributed by atoms with Crippen molar-refractivity contribution in [3.05, 3.63) is 35.4 Å². The molecule has 0 heterocycles. The minimum absolute atomic E-state index is 0.117. The maximum atomic E-state index is 12.0. The van der Waals surface area contributed by atoms with Crippen molar-refractivity contribution in [1.82, 2.24) is 5.32 Å². The number of rotatable bonds is 3. The van der Waals surface area contributed by atoms with E-state index in [1.165, 1.54) is 7.11 Å².